The van der Waals surface area contributed by atoms with Crippen LogP contribution in [0.4, 0.5) is 11.4 Å². The zero-order valence-corrected chi connectivity index (χ0v) is 19.8. The van der Waals surface area contributed by atoms with Gasteiger partial charge in [0.25, 0.3) is 5.69 Å². The van der Waals surface area contributed by atoms with Crippen LogP contribution in [-0.2, 0) is 14.4 Å². The number of ketones is 1. The van der Waals surface area contributed by atoms with E-state index in [-0.39, 0.29) is 22.9 Å². The maximum absolute atomic E-state index is 13.9. The number of carbonyl (C=O) groups excluding carboxylic acids is 3. The van der Waals surface area contributed by atoms with Gasteiger partial charge in [-0.2, -0.15) is 0 Å². The molecule has 2 aromatic rings. The molecule has 0 aliphatic carbocycles. The first-order chi connectivity index (χ1) is 16.6. The fourth-order valence-corrected chi connectivity index (χ4v) is 5.50. The molecule has 9 heteroatoms. The molecule has 0 aromatic heterocycles. The second kappa shape index (κ2) is 7.76. The van der Waals surface area contributed by atoms with Crippen molar-refractivity contribution in [1.29, 1.82) is 0 Å². The van der Waals surface area contributed by atoms with Crippen LogP contribution < -0.4 is 9.64 Å². The van der Waals surface area contributed by atoms with E-state index in [2.05, 4.69) is 0 Å². The number of benzene rings is 2. The summed E-state index contributed by atoms with van der Waals surface area (Å²) in [6.07, 6.45) is 3.70. The number of methoxy groups -OCH3 is 1. The third-order valence-electron chi connectivity index (χ3n) is 7.08. The number of non-ortho nitro benzene ring substituents is 1. The van der Waals surface area contributed by atoms with E-state index in [1.165, 1.54) is 25.3 Å². The van der Waals surface area contributed by atoms with Crippen molar-refractivity contribution in [1.82, 2.24) is 4.90 Å². The summed E-state index contributed by atoms with van der Waals surface area (Å²) < 4.78 is 5.35. The number of anilines is 1. The van der Waals surface area contributed by atoms with Crippen LogP contribution in [0, 0.1) is 27.4 Å². The van der Waals surface area contributed by atoms with Gasteiger partial charge in [0.15, 0.2) is 5.78 Å². The Balaban J connectivity index is 1.69. The molecule has 9 nitrogen and oxygen atoms in total. The number of rotatable bonds is 4. The average molecular weight is 476 g/mol. The fraction of sp³-hybridized carbons (Fsp3) is 0.346. The van der Waals surface area contributed by atoms with Gasteiger partial charge in [-0.05, 0) is 23.3 Å². The Kier molecular flexibility index (Phi) is 5.05. The van der Waals surface area contributed by atoms with Crippen molar-refractivity contribution in [3.63, 3.8) is 0 Å². The first kappa shape index (κ1) is 22.8. The van der Waals surface area contributed by atoms with Crippen LogP contribution in [0.1, 0.15) is 37.9 Å². The molecule has 0 N–H and O–H groups in total. The number of nitrogens with zero attached hydrogens (tertiary/aromatic N) is 3. The minimum atomic E-state index is -0.931. The Morgan fingerprint density at radius 2 is 1.74 bits per heavy atom. The SMILES string of the molecule is COc1ccc([N+](=O)[O-])cc1N1C(=O)[C@@H]2[C@H](C1=O)C1c3ccccc3C=CN1[C@@H]2C(=O)C(C)(C)C. The van der Waals surface area contributed by atoms with Crippen molar-refractivity contribution in [3.05, 3.63) is 69.9 Å². The topological polar surface area (TPSA) is 110 Å². The average Bonchev–Trinajstić information content (AvgIpc) is 3.30. The molecule has 35 heavy (non-hydrogen) atoms. The van der Waals surface area contributed by atoms with Gasteiger partial charge >= 0.3 is 0 Å². The van der Waals surface area contributed by atoms with Gasteiger partial charge in [-0.25, -0.2) is 4.90 Å². The summed E-state index contributed by atoms with van der Waals surface area (Å²) in [6, 6.07) is 10.0. The van der Waals surface area contributed by atoms with E-state index in [4.69, 9.17) is 4.74 Å². The second-order valence-corrected chi connectivity index (χ2v) is 10.1. The highest BCUT2D eigenvalue weighted by molar-refractivity contribution is 6.25. The van der Waals surface area contributed by atoms with Gasteiger partial charge in [0.05, 0.1) is 29.9 Å². The molecule has 2 amide bonds. The van der Waals surface area contributed by atoms with Crippen molar-refractivity contribution in [3.8, 4) is 5.75 Å². The van der Waals surface area contributed by atoms with Crippen molar-refractivity contribution in [2.75, 3.05) is 12.0 Å². The Morgan fingerprint density at radius 3 is 2.40 bits per heavy atom. The number of nitro groups is 1. The van der Waals surface area contributed by atoms with Gasteiger partial charge in [0, 0.05) is 23.7 Å². The van der Waals surface area contributed by atoms with Gasteiger partial charge in [-0.3, -0.25) is 24.5 Å². The Morgan fingerprint density at radius 1 is 1.06 bits per heavy atom. The van der Waals surface area contributed by atoms with Crippen LogP contribution in [0.5, 0.6) is 5.75 Å². The number of fused-ring (bicyclic) bond motifs is 5. The normalized spacial score (nSPS) is 24.8. The molecule has 2 fully saturated rings. The van der Waals surface area contributed by atoms with Crippen LogP contribution >= 0.6 is 0 Å². The van der Waals surface area contributed by atoms with Crippen molar-refractivity contribution < 1.29 is 24.0 Å². The van der Waals surface area contributed by atoms with E-state index in [9.17, 15) is 24.5 Å². The summed E-state index contributed by atoms with van der Waals surface area (Å²) in [5, 5.41) is 11.4. The van der Waals surface area contributed by atoms with Crippen molar-refractivity contribution >= 4 is 35.0 Å². The summed E-state index contributed by atoms with van der Waals surface area (Å²) in [5.74, 6) is -2.79. The molecule has 0 bridgehead atoms. The third kappa shape index (κ3) is 3.25. The van der Waals surface area contributed by atoms with E-state index in [0.29, 0.717) is 0 Å². The quantitative estimate of drug-likeness (QED) is 0.376. The third-order valence-corrected chi connectivity index (χ3v) is 7.08. The van der Waals surface area contributed by atoms with Crippen molar-refractivity contribution in [2.45, 2.75) is 32.9 Å². The van der Waals surface area contributed by atoms with Crippen LogP contribution in [0.3, 0.4) is 0 Å². The van der Waals surface area contributed by atoms with Crippen LogP contribution in [0.2, 0.25) is 0 Å². The maximum Gasteiger partial charge on any atom is 0.271 e. The monoisotopic (exact) mass is 475 g/mol. The first-order valence-electron chi connectivity index (χ1n) is 11.4. The molecule has 1 unspecified atom stereocenters. The van der Waals surface area contributed by atoms with Crippen LogP contribution in [0.15, 0.2) is 48.7 Å². The highest BCUT2D eigenvalue weighted by Crippen LogP contribution is 2.55. The maximum atomic E-state index is 13.9. The summed E-state index contributed by atoms with van der Waals surface area (Å²) in [4.78, 5) is 55.2. The number of ether oxygens (including phenoxy) is 1. The van der Waals surface area contributed by atoms with Gasteiger partial charge in [0.2, 0.25) is 11.8 Å². The van der Waals surface area contributed by atoms with Gasteiger partial charge in [-0.15, -0.1) is 0 Å². The molecular weight excluding hydrogens is 450 g/mol. The smallest absolute Gasteiger partial charge is 0.271 e. The Labute approximate surface area is 202 Å². The summed E-state index contributed by atoms with van der Waals surface area (Å²) >= 11 is 0. The zero-order chi connectivity index (χ0) is 25.2. The van der Waals surface area contributed by atoms with Gasteiger partial charge < -0.3 is 9.64 Å². The minimum Gasteiger partial charge on any atom is -0.495 e. The lowest BCUT2D eigenvalue weighted by Gasteiger charge is -2.37. The second-order valence-electron chi connectivity index (χ2n) is 10.1. The molecule has 0 saturated carbocycles. The molecule has 180 valence electrons. The molecule has 5 rings (SSSR count). The van der Waals surface area contributed by atoms with Gasteiger partial charge in [0.1, 0.15) is 17.5 Å². The lowest BCUT2D eigenvalue weighted by molar-refractivity contribution is -0.384. The largest absolute Gasteiger partial charge is 0.495 e. The highest BCUT2D eigenvalue weighted by atomic mass is 16.6. The van der Waals surface area contributed by atoms with Crippen molar-refractivity contribution in [2.24, 2.45) is 17.3 Å². The summed E-state index contributed by atoms with van der Waals surface area (Å²) in [7, 11) is 1.37. The fourth-order valence-electron chi connectivity index (χ4n) is 5.50. The summed E-state index contributed by atoms with van der Waals surface area (Å²) in [6.45, 7) is 5.38. The predicted octanol–water partition coefficient (Wildman–Crippen LogP) is 3.73. The number of carbonyl (C=O) groups is 3. The molecule has 2 aromatic carbocycles. The standard InChI is InChI=1S/C26H25N3O6/c1-26(2,3)23(30)22-20-19(21-16-8-6-5-7-14(16)11-12-27(21)22)24(31)28(25(20)32)17-13-15(29(33)34)9-10-18(17)35-4/h5-13,19-22H,1-4H3/t19-,20+,21?,22-/m0/s1. The van der Waals surface area contributed by atoms with Crippen LogP contribution in [-0.4, -0.2) is 40.6 Å². The zero-order valence-electron chi connectivity index (χ0n) is 19.8. The van der Waals surface area contributed by atoms with E-state index in [0.717, 1.165) is 16.0 Å². The van der Waals surface area contributed by atoms with E-state index < -0.39 is 46.1 Å². The number of Topliss-reactive ketones (excluding diaryl/α,β-unsaturated/α-hetero) is 1. The lowest BCUT2D eigenvalue weighted by atomic mass is 9.79. The first-order valence-corrected chi connectivity index (χ1v) is 11.4. The van der Waals surface area contributed by atoms with E-state index >= 15 is 0 Å². The molecule has 4 atom stereocenters. The number of hydrogen-bond donors (Lipinski definition) is 0. The summed E-state index contributed by atoms with van der Waals surface area (Å²) in [5.41, 5.74) is 0.772. The Hall–Kier alpha value is -4.01. The minimum absolute atomic E-state index is 0.0132. The molecule has 2 saturated heterocycles. The molecular formula is C26H25N3O6. The Bertz CT molecular complexity index is 1310. The molecule has 3 aliphatic heterocycles. The number of amides is 2. The molecule has 0 spiro atoms. The molecule has 3 heterocycles. The lowest BCUT2D eigenvalue weighted by Crippen LogP contribution is -2.47. The van der Waals surface area contributed by atoms with Crippen LogP contribution in [0.25, 0.3) is 6.08 Å². The van der Waals surface area contributed by atoms with E-state index in [1.54, 1.807) is 27.0 Å². The molecule has 0 radical (unpaired) electrons. The number of nitro benzene ring substituents is 1. The number of imide groups is 1. The highest BCUT2D eigenvalue weighted by Gasteiger charge is 2.65. The van der Waals surface area contributed by atoms with E-state index in [1.807, 2.05) is 35.2 Å². The predicted molar refractivity (Wildman–Crippen MR) is 127 cm³/mol. The van der Waals surface area contributed by atoms with Gasteiger partial charge in [-0.1, -0.05) is 45.0 Å². The number of hydrogen-bond acceptors (Lipinski definition) is 7. The molecule has 3 aliphatic rings.